The van der Waals surface area contributed by atoms with Gasteiger partial charge < -0.3 is 0 Å². The molecular formula is C26H17Cl2NO3. The maximum atomic E-state index is 14.0. The van der Waals surface area contributed by atoms with Crippen molar-refractivity contribution >= 4 is 46.5 Å². The molecule has 6 heteroatoms. The molecule has 1 aliphatic heterocycles. The minimum atomic E-state index is -1.22. The summed E-state index contributed by atoms with van der Waals surface area (Å²) in [6.45, 7) is 1.52. The van der Waals surface area contributed by atoms with Crippen molar-refractivity contribution in [3.63, 3.8) is 0 Å². The van der Waals surface area contributed by atoms with Crippen molar-refractivity contribution in [2.24, 2.45) is 11.8 Å². The number of hydrogen-bond donors (Lipinski definition) is 0. The lowest BCUT2D eigenvalue weighted by Gasteiger charge is -2.52. The van der Waals surface area contributed by atoms with Crippen LogP contribution in [0.4, 0.5) is 5.69 Å². The molecule has 1 saturated heterocycles. The second kappa shape index (κ2) is 6.53. The monoisotopic (exact) mass is 461 g/mol. The van der Waals surface area contributed by atoms with Crippen molar-refractivity contribution < 1.29 is 14.4 Å². The van der Waals surface area contributed by atoms with Crippen molar-refractivity contribution in [2.45, 2.75) is 18.3 Å². The van der Waals surface area contributed by atoms with Crippen molar-refractivity contribution in [1.82, 2.24) is 0 Å². The first-order valence-corrected chi connectivity index (χ1v) is 11.2. The molecule has 4 nitrogen and oxygen atoms in total. The molecule has 0 N–H and O–H groups in total. The molecule has 1 fully saturated rings. The van der Waals surface area contributed by atoms with Crippen LogP contribution in [0.2, 0.25) is 10.0 Å². The van der Waals surface area contributed by atoms with Crippen molar-refractivity contribution in [2.75, 3.05) is 4.90 Å². The second-order valence-electron chi connectivity index (χ2n) is 8.63. The van der Waals surface area contributed by atoms with Gasteiger partial charge in [-0.25, -0.2) is 4.90 Å². The largest absolute Gasteiger partial charge is 0.299 e. The zero-order valence-electron chi connectivity index (χ0n) is 17.0. The number of Topliss-reactive ketones (excluding diaryl/α,β-unsaturated/α-hetero) is 1. The number of imide groups is 1. The molecule has 2 amide bonds. The number of ketones is 1. The highest BCUT2D eigenvalue weighted by Crippen LogP contribution is 2.64. The summed E-state index contributed by atoms with van der Waals surface area (Å²) in [5.74, 6) is -2.67. The Labute approximate surface area is 194 Å². The van der Waals surface area contributed by atoms with E-state index in [1.54, 1.807) is 12.1 Å². The Morgan fingerprint density at radius 3 is 2.03 bits per heavy atom. The van der Waals surface area contributed by atoms with Gasteiger partial charge in [0.25, 0.3) is 0 Å². The van der Waals surface area contributed by atoms with Gasteiger partial charge in [0.1, 0.15) is 5.78 Å². The third-order valence-electron chi connectivity index (χ3n) is 7.32. The van der Waals surface area contributed by atoms with E-state index in [1.807, 2.05) is 48.5 Å². The smallest absolute Gasteiger partial charge is 0.239 e. The van der Waals surface area contributed by atoms with Gasteiger partial charge in [-0.05, 0) is 47.4 Å². The fourth-order valence-electron chi connectivity index (χ4n) is 6.27. The van der Waals surface area contributed by atoms with Crippen LogP contribution in [0.15, 0.2) is 66.7 Å². The third-order valence-corrected chi connectivity index (χ3v) is 7.86. The second-order valence-corrected chi connectivity index (χ2v) is 9.47. The van der Waals surface area contributed by atoms with Crippen LogP contribution in [0.25, 0.3) is 0 Å². The highest BCUT2D eigenvalue weighted by atomic mass is 35.5. The lowest BCUT2D eigenvalue weighted by molar-refractivity contribution is -0.132. The van der Waals surface area contributed by atoms with Gasteiger partial charge in [-0.15, -0.1) is 0 Å². The SMILES string of the molecule is CC(=O)C12c3ccccc3C(c3ccccc31)[C@@H]1C(=O)N(c3ccc(Cl)cc3Cl)C(=O)[C@H]12. The summed E-state index contributed by atoms with van der Waals surface area (Å²) in [5, 5.41) is 0.632. The molecular weight excluding hydrogens is 445 g/mol. The van der Waals surface area contributed by atoms with Gasteiger partial charge >= 0.3 is 0 Å². The van der Waals surface area contributed by atoms with Crippen LogP contribution in [0.1, 0.15) is 35.1 Å². The molecule has 3 aliphatic carbocycles. The van der Waals surface area contributed by atoms with E-state index in [2.05, 4.69) is 0 Å². The van der Waals surface area contributed by atoms with E-state index in [-0.39, 0.29) is 22.6 Å². The maximum Gasteiger partial charge on any atom is 0.239 e. The Morgan fingerprint density at radius 1 is 0.875 bits per heavy atom. The molecule has 0 saturated carbocycles. The Balaban J connectivity index is 1.67. The first-order chi connectivity index (χ1) is 15.4. The minimum Gasteiger partial charge on any atom is -0.299 e. The standard InChI is InChI=1S/C26H17Cl2NO3/c1-13(30)26-17-8-4-2-6-15(17)21(16-7-3-5-9-18(16)26)22-23(26)25(32)29(24(22)31)20-11-10-14(27)12-19(20)28/h2-12,21-23H,1H3/t21?,22-,23-,26?/m0/s1. The number of hydrogen-bond acceptors (Lipinski definition) is 3. The average molecular weight is 462 g/mol. The fraction of sp³-hybridized carbons (Fsp3) is 0.192. The molecule has 2 bridgehead atoms. The molecule has 0 spiro atoms. The Morgan fingerprint density at radius 2 is 1.47 bits per heavy atom. The number of halogens is 2. The number of nitrogens with zero attached hydrogens (tertiary/aromatic N) is 1. The van der Waals surface area contributed by atoms with E-state index in [1.165, 1.54) is 13.0 Å². The zero-order chi connectivity index (χ0) is 22.4. The van der Waals surface area contributed by atoms with E-state index < -0.39 is 23.2 Å². The summed E-state index contributed by atoms with van der Waals surface area (Å²) in [4.78, 5) is 42.5. The predicted octanol–water partition coefficient (Wildman–Crippen LogP) is 5.13. The highest BCUT2D eigenvalue weighted by Gasteiger charge is 2.70. The summed E-state index contributed by atoms with van der Waals surface area (Å²) in [6, 6.07) is 20.1. The Kier molecular flexibility index (Phi) is 4.02. The molecule has 1 heterocycles. The van der Waals surface area contributed by atoms with Crippen molar-refractivity contribution in [3.05, 3.63) is 99.0 Å². The molecule has 0 unspecified atom stereocenters. The van der Waals surface area contributed by atoms with E-state index in [4.69, 9.17) is 23.2 Å². The van der Waals surface area contributed by atoms with Gasteiger partial charge in [-0.3, -0.25) is 14.4 Å². The third kappa shape index (κ3) is 2.17. The van der Waals surface area contributed by atoms with Crippen LogP contribution in [0.5, 0.6) is 0 Å². The number of amides is 2. The first kappa shape index (κ1) is 19.7. The number of carbonyl (C=O) groups excluding carboxylic acids is 3. The van der Waals surface area contributed by atoms with Gasteiger partial charge in [-0.1, -0.05) is 71.7 Å². The van der Waals surface area contributed by atoms with Crippen LogP contribution < -0.4 is 4.90 Å². The van der Waals surface area contributed by atoms with E-state index in [0.29, 0.717) is 10.7 Å². The first-order valence-electron chi connectivity index (χ1n) is 10.4. The van der Waals surface area contributed by atoms with E-state index >= 15 is 0 Å². The normalized spacial score (nSPS) is 27.2. The number of carbonyl (C=O) groups is 3. The van der Waals surface area contributed by atoms with E-state index in [0.717, 1.165) is 27.2 Å². The predicted molar refractivity (Wildman–Crippen MR) is 122 cm³/mol. The number of benzene rings is 3. The summed E-state index contributed by atoms with van der Waals surface area (Å²) < 4.78 is 0. The Hall–Kier alpha value is -2.95. The molecule has 7 rings (SSSR count). The highest BCUT2D eigenvalue weighted by molar-refractivity contribution is 6.38. The summed E-state index contributed by atoms with van der Waals surface area (Å²) in [6.07, 6.45) is 0. The molecule has 32 heavy (non-hydrogen) atoms. The molecule has 158 valence electrons. The van der Waals surface area contributed by atoms with Crippen LogP contribution in [-0.2, 0) is 19.8 Å². The summed E-state index contributed by atoms with van der Waals surface area (Å²) >= 11 is 12.4. The van der Waals surface area contributed by atoms with Crippen LogP contribution >= 0.6 is 23.2 Å². The quantitative estimate of drug-likeness (QED) is 0.496. The van der Waals surface area contributed by atoms with Crippen molar-refractivity contribution in [1.29, 1.82) is 0 Å². The Bertz CT molecular complexity index is 1320. The zero-order valence-corrected chi connectivity index (χ0v) is 18.5. The number of rotatable bonds is 2. The van der Waals surface area contributed by atoms with Gasteiger partial charge in [0.2, 0.25) is 11.8 Å². The average Bonchev–Trinajstić information content (AvgIpc) is 3.05. The molecule has 0 aromatic heterocycles. The van der Waals surface area contributed by atoms with Gasteiger partial charge in [0.15, 0.2) is 0 Å². The molecule has 3 aromatic rings. The minimum absolute atomic E-state index is 0.143. The van der Waals surface area contributed by atoms with Gasteiger partial charge in [0, 0.05) is 10.9 Å². The molecule has 4 aliphatic rings. The van der Waals surface area contributed by atoms with Crippen LogP contribution in [0.3, 0.4) is 0 Å². The van der Waals surface area contributed by atoms with Crippen LogP contribution in [-0.4, -0.2) is 17.6 Å². The topological polar surface area (TPSA) is 54.5 Å². The van der Waals surface area contributed by atoms with Crippen LogP contribution in [0, 0.1) is 11.8 Å². The lowest BCUT2D eigenvalue weighted by Crippen LogP contribution is -2.57. The molecule has 3 aromatic carbocycles. The fourth-order valence-corrected chi connectivity index (χ4v) is 6.76. The molecule has 0 radical (unpaired) electrons. The lowest BCUT2D eigenvalue weighted by atomic mass is 9.46. The van der Waals surface area contributed by atoms with Crippen molar-refractivity contribution in [3.8, 4) is 0 Å². The number of anilines is 1. The molecule has 2 atom stereocenters. The summed E-state index contributed by atoms with van der Waals surface area (Å²) in [7, 11) is 0. The van der Waals surface area contributed by atoms with Gasteiger partial charge in [0.05, 0.1) is 28.0 Å². The maximum absolute atomic E-state index is 14.0. The van der Waals surface area contributed by atoms with E-state index in [9.17, 15) is 14.4 Å². The van der Waals surface area contributed by atoms with Gasteiger partial charge in [-0.2, -0.15) is 0 Å². The summed E-state index contributed by atoms with van der Waals surface area (Å²) in [5.41, 5.74) is 2.60.